The van der Waals surface area contributed by atoms with Gasteiger partial charge in [0.25, 0.3) is 5.91 Å². The van der Waals surface area contributed by atoms with Crippen molar-refractivity contribution in [3.05, 3.63) is 57.0 Å². The van der Waals surface area contributed by atoms with Crippen LogP contribution in [0.5, 0.6) is 0 Å². The minimum absolute atomic E-state index is 0.121. The summed E-state index contributed by atoms with van der Waals surface area (Å²) in [6.07, 6.45) is 3.77. The molecule has 0 unspecified atom stereocenters. The van der Waals surface area contributed by atoms with Gasteiger partial charge in [0.1, 0.15) is 5.58 Å². The van der Waals surface area contributed by atoms with Crippen molar-refractivity contribution in [1.82, 2.24) is 10.2 Å². The number of furan rings is 1. The second kappa shape index (κ2) is 8.10. The molecule has 4 nitrogen and oxygen atoms in total. The fourth-order valence-corrected chi connectivity index (χ4v) is 5.26. The van der Waals surface area contributed by atoms with E-state index in [4.69, 9.17) is 4.42 Å². The number of carbonyl (C=O) groups excluding carboxylic acids is 1. The smallest absolute Gasteiger partial charge is 0.287 e. The second-order valence-electron chi connectivity index (χ2n) is 7.85. The molecule has 0 spiro atoms. The summed E-state index contributed by atoms with van der Waals surface area (Å²) < 4.78 is 5.97. The molecule has 1 atom stereocenters. The third-order valence-corrected chi connectivity index (χ3v) is 6.71. The quantitative estimate of drug-likeness (QED) is 0.630. The summed E-state index contributed by atoms with van der Waals surface area (Å²) in [5.74, 6) is 0.316. The summed E-state index contributed by atoms with van der Waals surface area (Å²) in [6.45, 7) is 8.90. The minimum atomic E-state index is -0.121. The summed E-state index contributed by atoms with van der Waals surface area (Å²) in [6, 6.07) is 8.64. The maximum absolute atomic E-state index is 13.0. The SMILES string of the molecule is Cc1cc(C)c2c(C)c(C(=O)NC[C@H](c3cccs3)N3CCCCC3)oc2c1. The number of hydrogen-bond acceptors (Lipinski definition) is 4. The predicted molar refractivity (Wildman–Crippen MR) is 115 cm³/mol. The third kappa shape index (κ3) is 3.74. The van der Waals surface area contributed by atoms with E-state index in [9.17, 15) is 4.79 Å². The summed E-state index contributed by atoms with van der Waals surface area (Å²) in [4.78, 5) is 16.8. The molecular weight excluding hydrogens is 368 g/mol. The molecule has 1 aliphatic rings. The van der Waals surface area contributed by atoms with Gasteiger partial charge in [-0.2, -0.15) is 0 Å². The van der Waals surface area contributed by atoms with Crippen molar-refractivity contribution >= 4 is 28.2 Å². The third-order valence-electron chi connectivity index (χ3n) is 5.74. The van der Waals surface area contributed by atoms with Crippen molar-refractivity contribution in [2.75, 3.05) is 19.6 Å². The van der Waals surface area contributed by atoms with Gasteiger partial charge in [-0.1, -0.05) is 18.6 Å². The van der Waals surface area contributed by atoms with Crippen LogP contribution in [-0.2, 0) is 0 Å². The Labute approximate surface area is 170 Å². The fourth-order valence-electron chi connectivity index (χ4n) is 4.40. The monoisotopic (exact) mass is 396 g/mol. The van der Waals surface area contributed by atoms with Crippen LogP contribution in [0.25, 0.3) is 11.0 Å². The molecule has 0 radical (unpaired) electrons. The normalized spacial score (nSPS) is 16.4. The van der Waals surface area contributed by atoms with Gasteiger partial charge in [0.05, 0.1) is 6.04 Å². The van der Waals surface area contributed by atoms with E-state index in [-0.39, 0.29) is 11.9 Å². The largest absolute Gasteiger partial charge is 0.451 e. The molecule has 2 aromatic heterocycles. The van der Waals surface area contributed by atoms with Crippen molar-refractivity contribution in [3.63, 3.8) is 0 Å². The lowest BCUT2D eigenvalue weighted by atomic mass is 10.0. The number of nitrogens with one attached hydrogen (secondary N) is 1. The van der Waals surface area contributed by atoms with E-state index in [1.54, 1.807) is 11.3 Å². The molecule has 5 heteroatoms. The highest BCUT2D eigenvalue weighted by atomic mass is 32.1. The van der Waals surface area contributed by atoms with Crippen LogP contribution >= 0.6 is 11.3 Å². The van der Waals surface area contributed by atoms with Crippen molar-refractivity contribution in [2.45, 2.75) is 46.1 Å². The molecule has 1 aromatic carbocycles. The van der Waals surface area contributed by atoms with E-state index in [0.29, 0.717) is 12.3 Å². The van der Waals surface area contributed by atoms with Gasteiger partial charge in [0, 0.05) is 22.4 Å². The molecule has 4 rings (SSSR count). The lowest BCUT2D eigenvalue weighted by Gasteiger charge is -2.34. The molecule has 0 saturated carbocycles. The first-order chi connectivity index (χ1) is 13.5. The molecule has 28 heavy (non-hydrogen) atoms. The van der Waals surface area contributed by atoms with Crippen LogP contribution in [-0.4, -0.2) is 30.4 Å². The zero-order chi connectivity index (χ0) is 19.7. The zero-order valence-corrected chi connectivity index (χ0v) is 17.7. The molecule has 3 aromatic rings. The summed E-state index contributed by atoms with van der Waals surface area (Å²) in [5.41, 5.74) is 4.02. The van der Waals surface area contributed by atoms with Gasteiger partial charge in [0.2, 0.25) is 0 Å². The second-order valence-corrected chi connectivity index (χ2v) is 8.83. The van der Waals surface area contributed by atoms with Gasteiger partial charge >= 0.3 is 0 Å². The predicted octanol–water partition coefficient (Wildman–Crippen LogP) is 5.38. The van der Waals surface area contributed by atoms with Crippen molar-refractivity contribution in [2.24, 2.45) is 0 Å². The molecule has 148 valence electrons. The maximum Gasteiger partial charge on any atom is 0.287 e. The first-order valence-corrected chi connectivity index (χ1v) is 11.0. The average Bonchev–Trinajstić information content (AvgIpc) is 3.31. The van der Waals surface area contributed by atoms with E-state index in [1.807, 2.05) is 19.9 Å². The topological polar surface area (TPSA) is 45.5 Å². The number of hydrogen-bond donors (Lipinski definition) is 1. The van der Waals surface area contributed by atoms with Gasteiger partial charge in [0.15, 0.2) is 5.76 Å². The lowest BCUT2D eigenvalue weighted by molar-refractivity contribution is 0.0899. The number of carbonyl (C=O) groups is 1. The number of likely N-dealkylation sites (tertiary alicyclic amines) is 1. The van der Waals surface area contributed by atoms with Gasteiger partial charge in [-0.15, -0.1) is 11.3 Å². The Morgan fingerprint density at radius 2 is 2.00 bits per heavy atom. The first-order valence-electron chi connectivity index (χ1n) is 10.1. The Balaban J connectivity index is 1.55. The number of piperidine rings is 1. The number of amides is 1. The van der Waals surface area contributed by atoms with Crippen LogP contribution in [0.4, 0.5) is 0 Å². The number of benzene rings is 1. The van der Waals surface area contributed by atoms with Gasteiger partial charge in [-0.25, -0.2) is 0 Å². The van der Waals surface area contributed by atoms with E-state index < -0.39 is 0 Å². The molecule has 1 saturated heterocycles. The van der Waals surface area contributed by atoms with E-state index >= 15 is 0 Å². The summed E-state index contributed by atoms with van der Waals surface area (Å²) in [7, 11) is 0. The average molecular weight is 397 g/mol. The molecule has 1 aliphatic heterocycles. The fraction of sp³-hybridized carbons (Fsp3) is 0.435. The number of rotatable bonds is 5. The molecule has 3 heterocycles. The molecule has 0 bridgehead atoms. The number of nitrogens with zero attached hydrogens (tertiary/aromatic N) is 1. The number of aryl methyl sites for hydroxylation is 3. The Hall–Kier alpha value is -2.11. The highest BCUT2D eigenvalue weighted by Gasteiger charge is 2.25. The Morgan fingerprint density at radius 3 is 2.71 bits per heavy atom. The van der Waals surface area contributed by atoms with Crippen LogP contribution in [0, 0.1) is 20.8 Å². The Kier molecular flexibility index (Phi) is 5.56. The van der Waals surface area contributed by atoms with E-state index in [1.165, 1.54) is 24.1 Å². The lowest BCUT2D eigenvalue weighted by Crippen LogP contribution is -2.40. The van der Waals surface area contributed by atoms with Crippen LogP contribution in [0.15, 0.2) is 34.1 Å². The van der Waals surface area contributed by atoms with Crippen LogP contribution < -0.4 is 5.32 Å². The Morgan fingerprint density at radius 1 is 1.21 bits per heavy atom. The van der Waals surface area contributed by atoms with Crippen LogP contribution in [0.3, 0.4) is 0 Å². The first kappa shape index (κ1) is 19.2. The highest BCUT2D eigenvalue weighted by Crippen LogP contribution is 2.30. The summed E-state index contributed by atoms with van der Waals surface area (Å²) in [5, 5.41) is 6.32. The molecule has 1 fully saturated rings. The number of thiophene rings is 1. The van der Waals surface area contributed by atoms with E-state index in [0.717, 1.165) is 40.7 Å². The molecule has 1 N–H and O–H groups in total. The highest BCUT2D eigenvalue weighted by molar-refractivity contribution is 7.10. The molecule has 0 aliphatic carbocycles. The number of fused-ring (bicyclic) bond motifs is 1. The van der Waals surface area contributed by atoms with E-state index in [2.05, 4.69) is 40.7 Å². The summed E-state index contributed by atoms with van der Waals surface area (Å²) >= 11 is 1.77. The van der Waals surface area contributed by atoms with Crippen molar-refractivity contribution in [1.29, 1.82) is 0 Å². The van der Waals surface area contributed by atoms with Gasteiger partial charge < -0.3 is 9.73 Å². The van der Waals surface area contributed by atoms with Gasteiger partial charge in [-0.3, -0.25) is 9.69 Å². The van der Waals surface area contributed by atoms with Gasteiger partial charge in [-0.05, 0) is 75.3 Å². The zero-order valence-electron chi connectivity index (χ0n) is 16.9. The standard InChI is InChI=1S/C23H28N2O2S/c1-15-12-16(2)21-17(3)22(27-19(21)13-15)23(26)24-14-18(20-8-7-11-28-20)25-9-5-4-6-10-25/h7-8,11-13,18H,4-6,9-10,14H2,1-3H3,(H,24,26)/t18-/m1/s1. The molecular formula is C23H28N2O2S. The van der Waals surface area contributed by atoms with Crippen molar-refractivity contribution in [3.8, 4) is 0 Å². The maximum atomic E-state index is 13.0. The van der Waals surface area contributed by atoms with Crippen molar-refractivity contribution < 1.29 is 9.21 Å². The van der Waals surface area contributed by atoms with Crippen LogP contribution in [0.2, 0.25) is 0 Å². The Bertz CT molecular complexity index is 968. The van der Waals surface area contributed by atoms with Crippen LogP contribution in [0.1, 0.15) is 57.4 Å². The molecule has 1 amide bonds. The minimum Gasteiger partial charge on any atom is -0.451 e.